The van der Waals surface area contributed by atoms with Crippen LogP contribution in [0.1, 0.15) is 58.4 Å². The van der Waals surface area contributed by atoms with Crippen molar-refractivity contribution in [1.82, 2.24) is 10.2 Å². The Hall–Kier alpha value is -2.61. The van der Waals surface area contributed by atoms with Crippen LogP contribution in [0, 0.1) is 11.3 Å². The van der Waals surface area contributed by atoms with Gasteiger partial charge in [0, 0.05) is 32.0 Å². The molecule has 0 aromatic heterocycles. The number of esters is 1. The van der Waals surface area contributed by atoms with E-state index in [1.54, 1.807) is 38.4 Å². The predicted molar refractivity (Wildman–Crippen MR) is 130 cm³/mol. The second-order valence-electron chi connectivity index (χ2n) is 9.72. The second kappa shape index (κ2) is 13.9. The van der Waals surface area contributed by atoms with Crippen LogP contribution in [-0.2, 0) is 30.5 Å². The number of amides is 2. The van der Waals surface area contributed by atoms with Gasteiger partial charge in [-0.05, 0) is 42.4 Å². The molecule has 2 atom stereocenters. The molecule has 8 nitrogen and oxygen atoms in total. The van der Waals surface area contributed by atoms with Crippen molar-refractivity contribution in [2.75, 3.05) is 21.2 Å². The SMILES string of the molecule is COC(=O)[C@@H](CCC(=O)C(CC(C)(C)C)NC(=O)OCc1cccc(Cl)c1)CCC(=O)N(C)C. The number of alkyl carbamates (subject to hydrolysis) is 1. The van der Waals surface area contributed by atoms with Crippen molar-refractivity contribution in [2.24, 2.45) is 11.3 Å². The fourth-order valence-corrected chi connectivity index (χ4v) is 3.59. The molecule has 0 bridgehead atoms. The van der Waals surface area contributed by atoms with Gasteiger partial charge in [0.25, 0.3) is 0 Å². The summed E-state index contributed by atoms with van der Waals surface area (Å²) < 4.78 is 10.1. The Labute approximate surface area is 207 Å². The number of hydrogen-bond acceptors (Lipinski definition) is 6. The molecule has 0 aliphatic heterocycles. The second-order valence-corrected chi connectivity index (χ2v) is 10.2. The highest BCUT2D eigenvalue weighted by atomic mass is 35.5. The lowest BCUT2D eigenvalue weighted by Crippen LogP contribution is -2.43. The largest absolute Gasteiger partial charge is 0.469 e. The van der Waals surface area contributed by atoms with Crippen molar-refractivity contribution in [3.63, 3.8) is 0 Å². The topological polar surface area (TPSA) is 102 Å². The lowest BCUT2D eigenvalue weighted by atomic mass is 9.85. The first kappa shape index (κ1) is 29.4. The summed E-state index contributed by atoms with van der Waals surface area (Å²) in [4.78, 5) is 51.0. The normalized spacial score (nSPS) is 12.9. The quantitative estimate of drug-likeness (QED) is 0.431. The Morgan fingerprint density at radius 1 is 1.09 bits per heavy atom. The third-order valence-electron chi connectivity index (χ3n) is 5.24. The first-order valence-electron chi connectivity index (χ1n) is 11.3. The maximum absolute atomic E-state index is 13.0. The van der Waals surface area contributed by atoms with Gasteiger partial charge >= 0.3 is 12.1 Å². The number of halogens is 1. The monoisotopic (exact) mass is 496 g/mol. The molecule has 0 saturated carbocycles. The summed E-state index contributed by atoms with van der Waals surface area (Å²) in [5, 5.41) is 3.21. The Balaban J connectivity index is 2.76. The summed E-state index contributed by atoms with van der Waals surface area (Å²) in [5.41, 5.74) is 0.495. The first-order valence-corrected chi connectivity index (χ1v) is 11.7. The van der Waals surface area contributed by atoms with Crippen LogP contribution >= 0.6 is 11.6 Å². The van der Waals surface area contributed by atoms with Crippen LogP contribution in [0.2, 0.25) is 5.02 Å². The van der Waals surface area contributed by atoms with E-state index in [2.05, 4.69) is 5.32 Å². The van der Waals surface area contributed by atoms with E-state index < -0.39 is 24.0 Å². The molecule has 190 valence electrons. The number of ketones is 1. The Morgan fingerprint density at radius 2 is 1.74 bits per heavy atom. The minimum Gasteiger partial charge on any atom is -0.469 e. The first-order chi connectivity index (χ1) is 15.8. The predicted octanol–water partition coefficient (Wildman–Crippen LogP) is 4.38. The molecule has 0 aliphatic carbocycles. The van der Waals surface area contributed by atoms with E-state index >= 15 is 0 Å². The van der Waals surface area contributed by atoms with Gasteiger partial charge in [-0.15, -0.1) is 0 Å². The highest BCUT2D eigenvalue weighted by molar-refractivity contribution is 6.30. The summed E-state index contributed by atoms with van der Waals surface area (Å²) in [6, 6.07) is 6.19. The van der Waals surface area contributed by atoms with Crippen LogP contribution in [0.15, 0.2) is 24.3 Å². The molecule has 2 amide bonds. The van der Waals surface area contributed by atoms with E-state index in [4.69, 9.17) is 21.1 Å². The van der Waals surface area contributed by atoms with Crippen molar-refractivity contribution in [2.45, 2.75) is 65.5 Å². The van der Waals surface area contributed by atoms with Crippen LogP contribution in [0.5, 0.6) is 0 Å². The number of methoxy groups -OCH3 is 1. The van der Waals surface area contributed by atoms with Crippen molar-refractivity contribution in [3.05, 3.63) is 34.9 Å². The highest BCUT2D eigenvalue weighted by Crippen LogP contribution is 2.24. The molecular formula is C25H37ClN2O6. The van der Waals surface area contributed by atoms with Crippen LogP contribution in [0.4, 0.5) is 4.79 Å². The zero-order chi connectivity index (χ0) is 25.9. The van der Waals surface area contributed by atoms with Crippen LogP contribution in [0.25, 0.3) is 0 Å². The van der Waals surface area contributed by atoms with Crippen LogP contribution < -0.4 is 5.32 Å². The minimum atomic E-state index is -0.770. The molecule has 0 heterocycles. The lowest BCUT2D eigenvalue weighted by Gasteiger charge is -2.26. The molecule has 0 aliphatic rings. The van der Waals surface area contributed by atoms with E-state index in [9.17, 15) is 19.2 Å². The van der Waals surface area contributed by atoms with E-state index in [1.165, 1.54) is 12.0 Å². The number of carbonyl (C=O) groups is 4. The summed E-state index contributed by atoms with van der Waals surface area (Å²) >= 11 is 5.95. The minimum absolute atomic E-state index is 0.0210. The molecule has 1 unspecified atom stereocenters. The Morgan fingerprint density at radius 3 is 2.29 bits per heavy atom. The van der Waals surface area contributed by atoms with Gasteiger partial charge in [0.15, 0.2) is 5.78 Å². The molecule has 1 rings (SSSR count). The Bertz CT molecular complexity index is 850. The molecule has 0 radical (unpaired) electrons. The molecule has 0 spiro atoms. The van der Waals surface area contributed by atoms with Crippen molar-refractivity contribution in [3.8, 4) is 0 Å². The molecule has 0 fully saturated rings. The average Bonchev–Trinajstić information content (AvgIpc) is 2.75. The number of benzene rings is 1. The maximum Gasteiger partial charge on any atom is 0.408 e. The van der Waals surface area contributed by atoms with Crippen LogP contribution in [-0.4, -0.2) is 55.9 Å². The molecule has 1 aromatic carbocycles. The lowest BCUT2D eigenvalue weighted by molar-refractivity contribution is -0.146. The van der Waals surface area contributed by atoms with Gasteiger partial charge < -0.3 is 19.7 Å². The molecule has 0 saturated heterocycles. The molecule has 1 N–H and O–H groups in total. The number of ether oxygens (including phenoxy) is 2. The molecular weight excluding hydrogens is 460 g/mol. The van der Waals surface area contributed by atoms with E-state index in [1.807, 2.05) is 20.8 Å². The van der Waals surface area contributed by atoms with Gasteiger partial charge in [-0.25, -0.2) is 4.79 Å². The smallest absolute Gasteiger partial charge is 0.408 e. The summed E-state index contributed by atoms with van der Waals surface area (Å²) in [7, 11) is 4.57. The standard InChI is InChI=1S/C25H37ClN2O6/c1-25(2,3)15-20(27-24(32)34-16-17-8-7-9-19(26)14-17)21(29)12-10-18(23(31)33-6)11-13-22(30)28(4)5/h7-9,14,18,20H,10-13,15-16H2,1-6H3,(H,27,32)/t18-,20?/m0/s1. The molecule has 9 heteroatoms. The fourth-order valence-electron chi connectivity index (χ4n) is 3.38. The number of carbonyl (C=O) groups excluding carboxylic acids is 4. The zero-order valence-corrected chi connectivity index (χ0v) is 21.7. The Kier molecular flexibility index (Phi) is 12.1. The average molecular weight is 497 g/mol. The number of nitrogens with one attached hydrogen (secondary N) is 1. The highest BCUT2D eigenvalue weighted by Gasteiger charge is 2.29. The van der Waals surface area contributed by atoms with E-state index in [0.717, 1.165) is 5.56 Å². The summed E-state index contributed by atoms with van der Waals surface area (Å²) in [6.07, 6.45) is 0.456. The zero-order valence-electron chi connectivity index (χ0n) is 21.0. The molecule has 34 heavy (non-hydrogen) atoms. The van der Waals surface area contributed by atoms with Gasteiger partial charge in [-0.3, -0.25) is 14.4 Å². The van der Waals surface area contributed by atoms with Gasteiger partial charge in [-0.1, -0.05) is 44.5 Å². The fraction of sp³-hybridized carbons (Fsp3) is 0.600. The molecule has 1 aromatic rings. The third kappa shape index (κ3) is 11.5. The summed E-state index contributed by atoms with van der Waals surface area (Å²) in [5.74, 6) is -1.35. The number of rotatable bonds is 12. The van der Waals surface area contributed by atoms with Gasteiger partial charge in [0.2, 0.25) is 5.91 Å². The van der Waals surface area contributed by atoms with E-state index in [0.29, 0.717) is 11.4 Å². The van der Waals surface area contributed by atoms with Crippen molar-refractivity contribution >= 4 is 35.4 Å². The van der Waals surface area contributed by atoms with Crippen molar-refractivity contribution < 1.29 is 28.7 Å². The number of nitrogens with zero attached hydrogens (tertiary/aromatic N) is 1. The number of hydrogen-bond donors (Lipinski definition) is 1. The maximum atomic E-state index is 13.0. The van der Waals surface area contributed by atoms with Crippen LogP contribution in [0.3, 0.4) is 0 Å². The van der Waals surface area contributed by atoms with E-state index in [-0.39, 0.29) is 49.4 Å². The van der Waals surface area contributed by atoms with Gasteiger partial charge in [-0.2, -0.15) is 0 Å². The summed E-state index contributed by atoms with van der Waals surface area (Å²) in [6.45, 7) is 5.93. The van der Waals surface area contributed by atoms with Gasteiger partial charge in [0.05, 0.1) is 19.1 Å². The van der Waals surface area contributed by atoms with Gasteiger partial charge in [0.1, 0.15) is 6.61 Å². The number of Topliss-reactive ketones (excluding diaryl/α,β-unsaturated/α-hetero) is 1. The third-order valence-corrected chi connectivity index (χ3v) is 5.47. The van der Waals surface area contributed by atoms with Crippen molar-refractivity contribution in [1.29, 1.82) is 0 Å².